The number of fused-ring (bicyclic) bond motifs is 1. The zero-order valence-corrected chi connectivity index (χ0v) is 17.9. The molecular weight excluding hydrogens is 380 g/mol. The molecule has 1 aromatic heterocycles. The smallest absolute Gasteiger partial charge is 0.233 e. The number of carbonyl (C=O) groups is 1. The zero-order chi connectivity index (χ0) is 20.4. The molecule has 2 unspecified atom stereocenters. The minimum absolute atomic E-state index is 0.0385. The predicted molar refractivity (Wildman–Crippen MR) is 117 cm³/mol. The average molecular weight is 407 g/mol. The van der Waals surface area contributed by atoms with Gasteiger partial charge >= 0.3 is 0 Å². The molecule has 0 fully saturated rings. The summed E-state index contributed by atoms with van der Waals surface area (Å²) in [4.78, 5) is 12.9. The maximum absolute atomic E-state index is 12.9. The molecule has 0 saturated carbocycles. The molecule has 1 heterocycles. The van der Waals surface area contributed by atoms with E-state index in [0.29, 0.717) is 0 Å². The number of benzene rings is 2. The Morgan fingerprint density at radius 1 is 1.17 bits per heavy atom. The van der Waals surface area contributed by atoms with Crippen LogP contribution in [0.25, 0.3) is 11.4 Å². The van der Waals surface area contributed by atoms with Crippen molar-refractivity contribution in [2.24, 2.45) is 7.05 Å². The van der Waals surface area contributed by atoms with Crippen molar-refractivity contribution in [2.45, 2.75) is 49.6 Å². The Labute approximate surface area is 175 Å². The number of aryl methyl sites for hydroxylation is 2. The van der Waals surface area contributed by atoms with Gasteiger partial charge in [0.15, 0.2) is 11.0 Å². The van der Waals surface area contributed by atoms with Crippen LogP contribution in [-0.2, 0) is 18.3 Å². The fraction of sp³-hybridized carbons (Fsp3) is 0.348. The monoisotopic (exact) mass is 406 g/mol. The minimum Gasteiger partial charge on any atom is -0.348 e. The second-order valence-electron chi connectivity index (χ2n) is 7.64. The fourth-order valence-electron chi connectivity index (χ4n) is 3.78. The second kappa shape index (κ2) is 8.41. The Hall–Kier alpha value is -2.60. The highest BCUT2D eigenvalue weighted by molar-refractivity contribution is 8.00. The quantitative estimate of drug-likeness (QED) is 0.635. The van der Waals surface area contributed by atoms with Gasteiger partial charge in [0, 0.05) is 12.6 Å². The number of amides is 1. The zero-order valence-electron chi connectivity index (χ0n) is 17.1. The van der Waals surface area contributed by atoms with Crippen LogP contribution in [0.15, 0.2) is 53.7 Å². The van der Waals surface area contributed by atoms with Crippen LogP contribution >= 0.6 is 11.8 Å². The van der Waals surface area contributed by atoms with E-state index in [1.165, 1.54) is 28.5 Å². The maximum atomic E-state index is 12.9. The highest BCUT2D eigenvalue weighted by Gasteiger charge is 2.25. The van der Waals surface area contributed by atoms with Gasteiger partial charge in [-0.1, -0.05) is 65.9 Å². The van der Waals surface area contributed by atoms with Gasteiger partial charge in [0.05, 0.1) is 11.3 Å². The van der Waals surface area contributed by atoms with E-state index in [9.17, 15) is 4.79 Å². The summed E-state index contributed by atoms with van der Waals surface area (Å²) >= 11 is 1.44. The molecule has 2 atom stereocenters. The molecule has 2 aromatic carbocycles. The van der Waals surface area contributed by atoms with Gasteiger partial charge in [-0.25, -0.2) is 0 Å². The molecule has 6 heteroatoms. The first-order valence-electron chi connectivity index (χ1n) is 10.0. The third kappa shape index (κ3) is 4.22. The van der Waals surface area contributed by atoms with Crippen LogP contribution in [0.3, 0.4) is 0 Å². The van der Waals surface area contributed by atoms with Crippen molar-refractivity contribution < 1.29 is 4.79 Å². The first-order valence-corrected chi connectivity index (χ1v) is 10.9. The van der Waals surface area contributed by atoms with E-state index in [2.05, 4.69) is 52.8 Å². The van der Waals surface area contributed by atoms with Gasteiger partial charge < -0.3 is 9.88 Å². The van der Waals surface area contributed by atoms with E-state index in [-0.39, 0.29) is 17.2 Å². The first kappa shape index (κ1) is 19.7. The van der Waals surface area contributed by atoms with Gasteiger partial charge in [-0.3, -0.25) is 4.79 Å². The van der Waals surface area contributed by atoms with E-state index in [4.69, 9.17) is 0 Å². The van der Waals surface area contributed by atoms with Crippen LogP contribution in [0.4, 0.5) is 0 Å². The normalized spacial score (nSPS) is 16.9. The summed E-state index contributed by atoms with van der Waals surface area (Å²) in [5.41, 5.74) is 4.83. The van der Waals surface area contributed by atoms with Crippen molar-refractivity contribution in [2.75, 3.05) is 0 Å². The molecule has 29 heavy (non-hydrogen) atoms. The van der Waals surface area contributed by atoms with Crippen LogP contribution in [0.1, 0.15) is 42.5 Å². The minimum atomic E-state index is -0.252. The van der Waals surface area contributed by atoms with E-state index in [1.54, 1.807) is 0 Å². The Kier molecular flexibility index (Phi) is 5.72. The Morgan fingerprint density at radius 2 is 1.93 bits per heavy atom. The number of thioether (sulfide) groups is 1. The van der Waals surface area contributed by atoms with Crippen molar-refractivity contribution in [3.8, 4) is 11.4 Å². The molecule has 1 amide bonds. The molecule has 0 saturated heterocycles. The van der Waals surface area contributed by atoms with Gasteiger partial charge in [-0.15, -0.1) is 10.2 Å². The summed E-state index contributed by atoms with van der Waals surface area (Å²) in [6.45, 7) is 3.99. The fourth-order valence-corrected chi connectivity index (χ4v) is 4.60. The van der Waals surface area contributed by atoms with E-state index < -0.39 is 0 Å². The summed E-state index contributed by atoms with van der Waals surface area (Å²) in [6.07, 6.45) is 3.18. The van der Waals surface area contributed by atoms with Gasteiger partial charge in [0.2, 0.25) is 5.91 Å². The molecule has 1 aliphatic rings. The predicted octanol–water partition coefficient (Wildman–Crippen LogP) is 4.46. The molecule has 1 aliphatic carbocycles. The van der Waals surface area contributed by atoms with Crippen LogP contribution < -0.4 is 5.32 Å². The van der Waals surface area contributed by atoms with Crippen LogP contribution in [0.2, 0.25) is 0 Å². The Balaban J connectivity index is 1.44. The number of nitrogens with zero attached hydrogens (tertiary/aromatic N) is 3. The van der Waals surface area contributed by atoms with Crippen LogP contribution in [0.5, 0.6) is 0 Å². The van der Waals surface area contributed by atoms with Crippen molar-refractivity contribution >= 4 is 17.7 Å². The number of carbonyl (C=O) groups excluding carboxylic acids is 1. The molecule has 0 bridgehead atoms. The lowest BCUT2D eigenvalue weighted by atomic mass is 9.88. The molecule has 0 spiro atoms. The lowest BCUT2D eigenvalue weighted by Gasteiger charge is -2.27. The molecule has 4 rings (SSSR count). The summed E-state index contributed by atoms with van der Waals surface area (Å²) in [5.74, 6) is 0.845. The third-order valence-electron chi connectivity index (χ3n) is 5.48. The lowest BCUT2D eigenvalue weighted by Crippen LogP contribution is -2.36. The van der Waals surface area contributed by atoms with Gasteiger partial charge in [-0.05, 0) is 44.2 Å². The molecule has 0 aliphatic heterocycles. The summed E-state index contributed by atoms with van der Waals surface area (Å²) in [7, 11) is 1.94. The van der Waals surface area contributed by atoms with Crippen LogP contribution in [-0.4, -0.2) is 25.9 Å². The first-order chi connectivity index (χ1) is 14.0. The number of nitrogens with one attached hydrogen (secondary N) is 1. The summed E-state index contributed by atoms with van der Waals surface area (Å²) < 4.78 is 1.95. The average Bonchev–Trinajstić information content (AvgIpc) is 3.09. The highest BCUT2D eigenvalue weighted by Crippen LogP contribution is 2.31. The molecule has 0 radical (unpaired) electrons. The van der Waals surface area contributed by atoms with Gasteiger partial charge in [-0.2, -0.15) is 0 Å². The number of rotatable bonds is 5. The number of hydrogen-bond donors (Lipinski definition) is 1. The van der Waals surface area contributed by atoms with Gasteiger partial charge in [0.25, 0.3) is 0 Å². The standard InChI is InChI=1S/C23H26N4OS/c1-15-11-13-18(14-12-15)21-25-26-23(27(21)3)29-16(2)22(28)24-20-10-6-8-17-7-4-5-9-19(17)20/h4-5,7,9,11-14,16,20H,6,8,10H2,1-3H3,(H,24,28). The lowest BCUT2D eigenvalue weighted by molar-refractivity contribution is -0.121. The topological polar surface area (TPSA) is 59.8 Å². The van der Waals surface area contributed by atoms with E-state index in [1.807, 2.05) is 36.7 Å². The molecular formula is C23H26N4OS. The Morgan fingerprint density at radius 3 is 2.72 bits per heavy atom. The molecule has 5 nitrogen and oxygen atoms in total. The molecule has 150 valence electrons. The summed E-state index contributed by atoms with van der Waals surface area (Å²) in [5, 5.41) is 12.4. The maximum Gasteiger partial charge on any atom is 0.233 e. The van der Waals surface area contributed by atoms with Crippen LogP contribution in [0, 0.1) is 6.92 Å². The Bertz CT molecular complexity index is 1010. The second-order valence-corrected chi connectivity index (χ2v) is 8.95. The highest BCUT2D eigenvalue weighted by atomic mass is 32.2. The summed E-state index contributed by atoms with van der Waals surface area (Å²) in [6, 6.07) is 16.7. The van der Waals surface area contributed by atoms with E-state index in [0.717, 1.165) is 35.8 Å². The largest absolute Gasteiger partial charge is 0.348 e. The van der Waals surface area contributed by atoms with Crippen molar-refractivity contribution in [3.63, 3.8) is 0 Å². The van der Waals surface area contributed by atoms with Crippen molar-refractivity contribution in [1.82, 2.24) is 20.1 Å². The molecule has 1 N–H and O–H groups in total. The molecule has 3 aromatic rings. The number of aromatic nitrogens is 3. The van der Waals surface area contributed by atoms with Gasteiger partial charge in [0.1, 0.15) is 0 Å². The van der Waals surface area contributed by atoms with Crippen molar-refractivity contribution in [1.29, 1.82) is 0 Å². The SMILES string of the molecule is Cc1ccc(-c2nnc(SC(C)C(=O)NC3CCCc4ccccc43)n2C)cc1. The third-order valence-corrected chi connectivity index (χ3v) is 6.62. The van der Waals surface area contributed by atoms with Crippen molar-refractivity contribution in [3.05, 3.63) is 65.2 Å². The van der Waals surface area contributed by atoms with E-state index >= 15 is 0 Å². The number of hydrogen-bond acceptors (Lipinski definition) is 4.